The number of ether oxygens (including phenoxy) is 1. The number of benzene rings is 1. The molecule has 98 valence electrons. The van der Waals surface area contributed by atoms with Crippen molar-refractivity contribution in [2.75, 3.05) is 0 Å². The zero-order valence-electron chi connectivity index (χ0n) is 11.7. The lowest BCUT2D eigenvalue weighted by Crippen LogP contribution is -2.12. The van der Waals surface area contributed by atoms with Crippen LogP contribution in [0.4, 0.5) is 0 Å². The van der Waals surface area contributed by atoms with Crippen molar-refractivity contribution >= 4 is 5.97 Å². The highest BCUT2D eigenvalue weighted by atomic mass is 16.5. The number of carbonyl (C=O) groups excluding carboxylic acids is 1. The van der Waals surface area contributed by atoms with Gasteiger partial charge in [0.05, 0.1) is 0 Å². The van der Waals surface area contributed by atoms with Crippen LogP contribution >= 0.6 is 0 Å². The van der Waals surface area contributed by atoms with Gasteiger partial charge in [0.2, 0.25) is 0 Å². The van der Waals surface area contributed by atoms with Crippen molar-refractivity contribution in [3.63, 3.8) is 0 Å². The van der Waals surface area contributed by atoms with Crippen molar-refractivity contribution in [2.24, 2.45) is 0 Å². The monoisotopic (exact) mass is 255 g/mol. The van der Waals surface area contributed by atoms with E-state index in [4.69, 9.17) is 4.74 Å². The summed E-state index contributed by atoms with van der Waals surface area (Å²) >= 11 is 0. The number of pyridine rings is 1. The highest BCUT2D eigenvalue weighted by Gasteiger charge is 2.13. The molecule has 1 heterocycles. The summed E-state index contributed by atoms with van der Waals surface area (Å²) < 4.78 is 5.47. The van der Waals surface area contributed by atoms with Crippen molar-refractivity contribution in [2.45, 2.75) is 27.7 Å². The SMILES string of the molecule is Cc1cc(C)c(OC(=O)c2cccc(C)n2)c(C)c1. The molecule has 0 aliphatic rings. The first-order chi connectivity index (χ1) is 8.97. The molecule has 0 saturated carbocycles. The molecule has 0 saturated heterocycles. The lowest BCUT2D eigenvalue weighted by atomic mass is 10.1. The zero-order valence-corrected chi connectivity index (χ0v) is 11.7. The van der Waals surface area contributed by atoms with E-state index in [1.54, 1.807) is 12.1 Å². The van der Waals surface area contributed by atoms with Gasteiger partial charge in [-0.15, -0.1) is 0 Å². The molecular weight excluding hydrogens is 238 g/mol. The van der Waals surface area contributed by atoms with Gasteiger partial charge in [-0.1, -0.05) is 23.8 Å². The van der Waals surface area contributed by atoms with Gasteiger partial charge in [-0.05, 0) is 51.0 Å². The molecule has 0 unspecified atom stereocenters. The summed E-state index contributed by atoms with van der Waals surface area (Å²) in [5.41, 5.74) is 4.20. The summed E-state index contributed by atoms with van der Waals surface area (Å²) in [6, 6.07) is 9.31. The molecule has 0 atom stereocenters. The predicted molar refractivity (Wildman–Crippen MR) is 74.6 cm³/mol. The van der Waals surface area contributed by atoms with Crippen LogP contribution in [0.5, 0.6) is 5.75 Å². The first kappa shape index (κ1) is 13.3. The quantitative estimate of drug-likeness (QED) is 0.608. The van der Waals surface area contributed by atoms with E-state index in [2.05, 4.69) is 4.98 Å². The minimum atomic E-state index is -0.418. The van der Waals surface area contributed by atoms with E-state index in [1.165, 1.54) is 0 Å². The third kappa shape index (κ3) is 2.99. The second-order valence-corrected chi connectivity index (χ2v) is 4.78. The zero-order chi connectivity index (χ0) is 14.0. The minimum absolute atomic E-state index is 0.333. The summed E-state index contributed by atoms with van der Waals surface area (Å²) in [4.78, 5) is 16.2. The Morgan fingerprint density at radius 1 is 1.05 bits per heavy atom. The third-order valence-electron chi connectivity index (χ3n) is 2.90. The molecule has 0 amide bonds. The normalized spacial score (nSPS) is 10.3. The summed E-state index contributed by atoms with van der Waals surface area (Å²) in [6.07, 6.45) is 0. The van der Waals surface area contributed by atoms with Gasteiger partial charge in [0.15, 0.2) is 0 Å². The van der Waals surface area contributed by atoms with Gasteiger partial charge >= 0.3 is 5.97 Å². The van der Waals surface area contributed by atoms with Crippen LogP contribution in [0.2, 0.25) is 0 Å². The first-order valence-electron chi connectivity index (χ1n) is 6.21. The Labute approximate surface area is 113 Å². The Balaban J connectivity index is 2.29. The molecule has 0 radical (unpaired) electrons. The molecule has 2 aromatic rings. The number of hydrogen-bond acceptors (Lipinski definition) is 3. The first-order valence-corrected chi connectivity index (χ1v) is 6.21. The fourth-order valence-corrected chi connectivity index (χ4v) is 2.13. The number of hydrogen-bond donors (Lipinski definition) is 0. The Bertz CT molecular complexity index is 609. The number of aryl methyl sites for hydroxylation is 4. The molecule has 0 N–H and O–H groups in total. The molecule has 1 aromatic carbocycles. The Hall–Kier alpha value is -2.16. The highest BCUT2D eigenvalue weighted by Crippen LogP contribution is 2.25. The molecule has 19 heavy (non-hydrogen) atoms. The number of nitrogens with zero attached hydrogens (tertiary/aromatic N) is 1. The van der Waals surface area contributed by atoms with E-state index in [0.29, 0.717) is 11.4 Å². The van der Waals surface area contributed by atoms with Crippen LogP contribution in [-0.2, 0) is 0 Å². The highest BCUT2D eigenvalue weighted by molar-refractivity contribution is 5.89. The molecule has 0 bridgehead atoms. The topological polar surface area (TPSA) is 39.2 Å². The van der Waals surface area contributed by atoms with E-state index in [0.717, 1.165) is 22.4 Å². The molecule has 0 spiro atoms. The average molecular weight is 255 g/mol. The largest absolute Gasteiger partial charge is 0.421 e. The molecule has 0 fully saturated rings. The van der Waals surface area contributed by atoms with E-state index >= 15 is 0 Å². The smallest absolute Gasteiger partial charge is 0.362 e. The Morgan fingerprint density at radius 2 is 1.68 bits per heavy atom. The molecular formula is C16H17NO2. The summed E-state index contributed by atoms with van der Waals surface area (Å²) in [5.74, 6) is 0.206. The van der Waals surface area contributed by atoms with Crippen molar-refractivity contribution in [1.29, 1.82) is 0 Å². The van der Waals surface area contributed by atoms with Crippen LogP contribution in [-0.4, -0.2) is 11.0 Å². The second-order valence-electron chi connectivity index (χ2n) is 4.78. The fraction of sp³-hybridized carbons (Fsp3) is 0.250. The van der Waals surface area contributed by atoms with Gasteiger partial charge in [-0.2, -0.15) is 0 Å². The summed E-state index contributed by atoms with van der Waals surface area (Å²) in [5, 5.41) is 0. The number of rotatable bonds is 2. The predicted octanol–water partition coefficient (Wildman–Crippen LogP) is 3.53. The van der Waals surface area contributed by atoms with Crippen molar-refractivity contribution in [1.82, 2.24) is 4.98 Å². The van der Waals surface area contributed by atoms with Gasteiger partial charge in [0, 0.05) is 5.69 Å². The molecule has 2 rings (SSSR count). The van der Waals surface area contributed by atoms with Crippen LogP contribution in [0.25, 0.3) is 0 Å². The van der Waals surface area contributed by atoms with Gasteiger partial charge in [0.25, 0.3) is 0 Å². The molecule has 1 aromatic heterocycles. The second kappa shape index (κ2) is 5.22. The van der Waals surface area contributed by atoms with Crippen molar-refractivity contribution < 1.29 is 9.53 Å². The van der Waals surface area contributed by atoms with Gasteiger partial charge in [0.1, 0.15) is 11.4 Å². The third-order valence-corrected chi connectivity index (χ3v) is 2.90. The average Bonchev–Trinajstić information content (AvgIpc) is 2.33. The van der Waals surface area contributed by atoms with E-state index in [1.807, 2.05) is 45.9 Å². The van der Waals surface area contributed by atoms with E-state index in [9.17, 15) is 4.79 Å². The maximum atomic E-state index is 12.1. The number of carbonyl (C=O) groups is 1. The molecule has 3 heteroatoms. The van der Waals surface area contributed by atoms with Gasteiger partial charge in [-0.25, -0.2) is 9.78 Å². The summed E-state index contributed by atoms with van der Waals surface area (Å²) in [6.45, 7) is 7.74. The number of aromatic nitrogens is 1. The van der Waals surface area contributed by atoms with Crippen LogP contribution < -0.4 is 4.74 Å². The van der Waals surface area contributed by atoms with Crippen LogP contribution in [0.3, 0.4) is 0 Å². The Kier molecular flexibility index (Phi) is 3.65. The van der Waals surface area contributed by atoms with Gasteiger partial charge < -0.3 is 4.74 Å². The van der Waals surface area contributed by atoms with Crippen molar-refractivity contribution in [3.8, 4) is 5.75 Å². The van der Waals surface area contributed by atoms with E-state index in [-0.39, 0.29) is 0 Å². The maximum absolute atomic E-state index is 12.1. The molecule has 3 nitrogen and oxygen atoms in total. The van der Waals surface area contributed by atoms with Crippen LogP contribution in [0, 0.1) is 27.7 Å². The van der Waals surface area contributed by atoms with Crippen LogP contribution in [0.1, 0.15) is 32.9 Å². The molecule has 0 aliphatic carbocycles. The van der Waals surface area contributed by atoms with E-state index < -0.39 is 5.97 Å². The summed E-state index contributed by atoms with van der Waals surface area (Å²) in [7, 11) is 0. The van der Waals surface area contributed by atoms with Gasteiger partial charge in [-0.3, -0.25) is 0 Å². The molecule has 0 aliphatic heterocycles. The van der Waals surface area contributed by atoms with Crippen molar-refractivity contribution in [3.05, 3.63) is 58.4 Å². The van der Waals surface area contributed by atoms with Crippen LogP contribution in [0.15, 0.2) is 30.3 Å². The maximum Gasteiger partial charge on any atom is 0.362 e. The fourth-order valence-electron chi connectivity index (χ4n) is 2.13. The number of esters is 1. The lowest BCUT2D eigenvalue weighted by Gasteiger charge is -2.11. The minimum Gasteiger partial charge on any atom is -0.421 e. The standard InChI is InChI=1S/C16H17NO2/c1-10-8-11(2)15(12(3)9-10)19-16(18)14-7-5-6-13(4)17-14/h5-9H,1-4H3. The lowest BCUT2D eigenvalue weighted by molar-refractivity contribution is 0.0726. The Morgan fingerprint density at radius 3 is 2.26 bits per heavy atom.